The van der Waals surface area contributed by atoms with Gasteiger partial charge in [-0.3, -0.25) is 15.0 Å². The molecule has 3 amide bonds. The number of aliphatic hydroxyl groups excluding tert-OH is 1. The van der Waals surface area contributed by atoms with E-state index < -0.39 is 6.03 Å². The molecule has 1 saturated heterocycles. The van der Waals surface area contributed by atoms with Crippen molar-refractivity contribution in [1.82, 2.24) is 15.5 Å². The topological polar surface area (TPSA) is 90.9 Å². The van der Waals surface area contributed by atoms with Gasteiger partial charge in [0.15, 0.2) is 0 Å². The minimum absolute atomic E-state index is 0.134. The molecule has 0 aliphatic carbocycles. The highest BCUT2D eigenvalue weighted by molar-refractivity contribution is 5.95. The Morgan fingerprint density at radius 2 is 2.19 bits per heavy atom. The van der Waals surface area contributed by atoms with E-state index in [-0.39, 0.29) is 18.6 Å². The molecule has 0 spiro atoms. The molecule has 1 fully saturated rings. The van der Waals surface area contributed by atoms with Crippen molar-refractivity contribution in [3.63, 3.8) is 0 Å². The highest BCUT2D eigenvalue weighted by Gasteiger charge is 2.26. The van der Waals surface area contributed by atoms with Crippen LogP contribution in [0.15, 0.2) is 0 Å². The third kappa shape index (κ3) is 4.56. The van der Waals surface area contributed by atoms with Gasteiger partial charge < -0.3 is 15.2 Å². The van der Waals surface area contributed by atoms with E-state index in [1.807, 2.05) is 0 Å². The van der Waals surface area contributed by atoms with Crippen LogP contribution in [0.25, 0.3) is 0 Å². The molecular weight excluding hydrogens is 214 g/mol. The molecule has 0 aromatic heterocycles. The second-order valence-corrected chi connectivity index (χ2v) is 3.64. The minimum atomic E-state index is -0.525. The summed E-state index contributed by atoms with van der Waals surface area (Å²) >= 11 is 0. The first-order chi connectivity index (χ1) is 7.61. The first-order valence-corrected chi connectivity index (χ1v) is 5.09. The van der Waals surface area contributed by atoms with Gasteiger partial charge in [-0.25, -0.2) is 4.79 Å². The van der Waals surface area contributed by atoms with E-state index >= 15 is 0 Å². The van der Waals surface area contributed by atoms with E-state index in [0.717, 1.165) is 0 Å². The van der Waals surface area contributed by atoms with Crippen molar-refractivity contribution in [2.45, 2.75) is 6.10 Å². The van der Waals surface area contributed by atoms with Crippen molar-refractivity contribution >= 4 is 11.9 Å². The lowest BCUT2D eigenvalue weighted by molar-refractivity contribution is -0.123. The number of aliphatic hydroxyl groups is 1. The number of β-amino-alcohol motifs (C(OH)–C–C–N with tert-alkyl or cyclic N) is 1. The van der Waals surface area contributed by atoms with E-state index in [0.29, 0.717) is 26.2 Å². The molecule has 1 aliphatic rings. The van der Waals surface area contributed by atoms with Crippen molar-refractivity contribution in [3.05, 3.63) is 0 Å². The van der Waals surface area contributed by atoms with Gasteiger partial charge in [0.1, 0.15) is 0 Å². The highest BCUT2D eigenvalue weighted by Crippen LogP contribution is 2.05. The molecule has 0 aromatic rings. The predicted octanol–water partition coefficient (Wildman–Crippen LogP) is -1.86. The Morgan fingerprint density at radius 1 is 1.50 bits per heavy atom. The van der Waals surface area contributed by atoms with Crippen molar-refractivity contribution in [3.8, 4) is 0 Å². The molecule has 0 radical (unpaired) electrons. The van der Waals surface area contributed by atoms with Crippen LogP contribution in [-0.4, -0.2) is 67.9 Å². The maximum absolute atomic E-state index is 11.3. The number of ether oxygens (including phenoxy) is 1. The van der Waals surface area contributed by atoms with Gasteiger partial charge in [0.25, 0.3) is 0 Å². The van der Waals surface area contributed by atoms with E-state index in [1.165, 1.54) is 7.11 Å². The summed E-state index contributed by atoms with van der Waals surface area (Å²) in [7, 11) is 1.53. The average molecular weight is 231 g/mol. The van der Waals surface area contributed by atoms with Gasteiger partial charge in [-0.2, -0.15) is 0 Å². The largest absolute Gasteiger partial charge is 0.390 e. The number of rotatable bonds is 5. The quantitative estimate of drug-likeness (QED) is 0.482. The van der Waals surface area contributed by atoms with Crippen LogP contribution >= 0.6 is 0 Å². The van der Waals surface area contributed by atoms with E-state index in [4.69, 9.17) is 9.84 Å². The average Bonchev–Trinajstić information content (AvgIpc) is 2.15. The Labute approximate surface area is 93.7 Å². The molecule has 7 heteroatoms. The summed E-state index contributed by atoms with van der Waals surface area (Å²) in [6.45, 7) is 1.87. The zero-order chi connectivity index (χ0) is 12.0. The molecule has 0 atom stereocenters. The van der Waals surface area contributed by atoms with Crippen LogP contribution in [0.3, 0.4) is 0 Å². The lowest BCUT2D eigenvalue weighted by atomic mass is 10.2. The highest BCUT2D eigenvalue weighted by atomic mass is 16.5. The maximum Gasteiger partial charge on any atom is 0.321 e. The van der Waals surface area contributed by atoms with E-state index in [9.17, 15) is 9.59 Å². The summed E-state index contributed by atoms with van der Waals surface area (Å²) in [4.78, 5) is 24.1. The molecule has 0 saturated carbocycles. The lowest BCUT2D eigenvalue weighted by Crippen LogP contribution is -2.55. The minimum Gasteiger partial charge on any atom is -0.390 e. The molecule has 3 N–H and O–H groups in total. The second kappa shape index (κ2) is 6.41. The van der Waals surface area contributed by atoms with E-state index in [2.05, 4.69) is 10.6 Å². The number of methoxy groups -OCH3 is 1. The first-order valence-electron chi connectivity index (χ1n) is 5.09. The van der Waals surface area contributed by atoms with Gasteiger partial charge in [0, 0.05) is 26.7 Å². The summed E-state index contributed by atoms with van der Waals surface area (Å²) in [5, 5.41) is 13.6. The zero-order valence-corrected chi connectivity index (χ0v) is 9.23. The third-order valence-corrected chi connectivity index (χ3v) is 2.15. The number of amides is 3. The van der Waals surface area contributed by atoms with Crippen LogP contribution in [0.4, 0.5) is 4.79 Å². The molecule has 0 bridgehead atoms. The van der Waals surface area contributed by atoms with Crippen LogP contribution < -0.4 is 10.6 Å². The van der Waals surface area contributed by atoms with Crippen molar-refractivity contribution in [1.29, 1.82) is 0 Å². The third-order valence-electron chi connectivity index (χ3n) is 2.15. The van der Waals surface area contributed by atoms with E-state index in [1.54, 1.807) is 4.90 Å². The fourth-order valence-electron chi connectivity index (χ4n) is 1.35. The molecule has 0 unspecified atom stereocenters. The number of imide groups is 1. The number of carbonyl (C=O) groups is 2. The van der Waals surface area contributed by atoms with Crippen LogP contribution in [0.5, 0.6) is 0 Å². The number of carbonyl (C=O) groups excluding carboxylic acids is 2. The second-order valence-electron chi connectivity index (χ2n) is 3.64. The summed E-state index contributed by atoms with van der Waals surface area (Å²) < 4.78 is 4.74. The van der Waals surface area contributed by atoms with Crippen LogP contribution in [0.2, 0.25) is 0 Å². The maximum atomic E-state index is 11.3. The molecule has 7 nitrogen and oxygen atoms in total. The van der Waals surface area contributed by atoms with Gasteiger partial charge in [-0.1, -0.05) is 0 Å². The lowest BCUT2D eigenvalue weighted by Gasteiger charge is -2.34. The number of hydrogen-bond acceptors (Lipinski definition) is 5. The number of hydrogen-bond donors (Lipinski definition) is 3. The molecule has 1 aliphatic heterocycles. The van der Waals surface area contributed by atoms with Crippen molar-refractivity contribution in [2.75, 3.05) is 39.9 Å². The Morgan fingerprint density at radius 3 is 2.75 bits per heavy atom. The summed E-state index contributed by atoms with van der Waals surface area (Å²) in [6, 6.07) is -0.525. The molecule has 16 heavy (non-hydrogen) atoms. The fraction of sp³-hybridized carbons (Fsp3) is 0.778. The smallest absolute Gasteiger partial charge is 0.321 e. The monoisotopic (exact) mass is 231 g/mol. The van der Waals surface area contributed by atoms with Crippen molar-refractivity contribution < 1.29 is 19.4 Å². The zero-order valence-electron chi connectivity index (χ0n) is 9.23. The molecule has 92 valence electrons. The van der Waals surface area contributed by atoms with Crippen LogP contribution in [0.1, 0.15) is 0 Å². The van der Waals surface area contributed by atoms with Crippen LogP contribution in [-0.2, 0) is 9.53 Å². The molecular formula is C9H17N3O4. The van der Waals surface area contributed by atoms with Gasteiger partial charge in [-0.15, -0.1) is 0 Å². The van der Waals surface area contributed by atoms with Crippen LogP contribution in [0, 0.1) is 0 Å². The van der Waals surface area contributed by atoms with Gasteiger partial charge in [-0.05, 0) is 0 Å². The molecule has 1 rings (SSSR count). The van der Waals surface area contributed by atoms with Gasteiger partial charge >= 0.3 is 6.03 Å². The SMILES string of the molecule is COCCNC(=O)NC(=O)CN1CC(O)C1. The predicted molar refractivity (Wildman–Crippen MR) is 55.9 cm³/mol. The standard InChI is InChI=1S/C9H17N3O4/c1-16-3-2-10-9(15)11-8(14)6-12-4-7(13)5-12/h7,13H,2-6H2,1H3,(H2,10,11,14,15). The Hall–Kier alpha value is -1.18. The first kappa shape index (κ1) is 12.9. The summed E-state index contributed by atoms with van der Waals surface area (Å²) in [6.07, 6.45) is -0.344. The Balaban J connectivity index is 2.06. The van der Waals surface area contributed by atoms with Gasteiger partial charge in [0.05, 0.1) is 19.3 Å². The number of nitrogens with one attached hydrogen (secondary N) is 2. The molecule has 1 heterocycles. The Kier molecular flexibility index (Phi) is 5.17. The summed E-state index contributed by atoms with van der Waals surface area (Å²) in [5.74, 6) is -0.373. The molecule has 0 aromatic carbocycles. The number of likely N-dealkylation sites (tertiary alicyclic amines) is 1. The summed E-state index contributed by atoms with van der Waals surface area (Å²) in [5.41, 5.74) is 0. The normalized spacial score (nSPS) is 16.6. The number of urea groups is 1. The van der Waals surface area contributed by atoms with Crippen molar-refractivity contribution in [2.24, 2.45) is 0 Å². The number of nitrogens with zero attached hydrogens (tertiary/aromatic N) is 1. The fourth-order valence-corrected chi connectivity index (χ4v) is 1.35. The van der Waals surface area contributed by atoms with Gasteiger partial charge in [0.2, 0.25) is 5.91 Å². The Bertz CT molecular complexity index is 253.